The molecule has 0 aromatic heterocycles. The van der Waals surface area contributed by atoms with E-state index in [9.17, 15) is 18.3 Å². The minimum atomic E-state index is -3.78. The van der Waals surface area contributed by atoms with Gasteiger partial charge in [-0.1, -0.05) is 19.9 Å². The summed E-state index contributed by atoms with van der Waals surface area (Å²) in [6, 6.07) is 4.19. The number of carboxylic acids is 1. The highest BCUT2D eigenvalue weighted by Gasteiger charge is 2.30. The van der Waals surface area contributed by atoms with Crippen molar-refractivity contribution in [1.82, 2.24) is 9.62 Å². The first-order valence-corrected chi connectivity index (χ1v) is 10.5. The van der Waals surface area contributed by atoms with Gasteiger partial charge in [-0.2, -0.15) is 0 Å². The molecule has 7 heteroatoms. The van der Waals surface area contributed by atoms with Crippen LogP contribution in [0.25, 0.3) is 0 Å². The lowest BCUT2D eigenvalue weighted by atomic mass is 9.99. The van der Waals surface area contributed by atoms with Crippen molar-refractivity contribution in [2.45, 2.75) is 69.9 Å². The molecular weight excluding hydrogens is 352 g/mol. The predicted molar refractivity (Wildman–Crippen MR) is 102 cm³/mol. The number of hydrogen-bond donors (Lipinski definition) is 2. The van der Waals surface area contributed by atoms with Crippen LogP contribution in [0.15, 0.2) is 23.1 Å². The van der Waals surface area contributed by atoms with Crippen molar-refractivity contribution < 1.29 is 18.3 Å². The van der Waals surface area contributed by atoms with Gasteiger partial charge in [0.1, 0.15) is 0 Å². The van der Waals surface area contributed by atoms with Gasteiger partial charge in [-0.3, -0.25) is 4.90 Å². The molecule has 2 rings (SSSR count). The number of nitrogens with one attached hydrogen (secondary N) is 1. The van der Waals surface area contributed by atoms with Crippen LogP contribution in [-0.2, 0) is 10.0 Å². The van der Waals surface area contributed by atoms with Gasteiger partial charge in [0.15, 0.2) is 0 Å². The Bertz CT molecular complexity index is 758. The lowest BCUT2D eigenvalue weighted by Crippen LogP contribution is -2.50. The van der Waals surface area contributed by atoms with E-state index in [1.54, 1.807) is 6.07 Å². The van der Waals surface area contributed by atoms with E-state index in [2.05, 4.69) is 30.4 Å². The van der Waals surface area contributed by atoms with Gasteiger partial charge in [0.25, 0.3) is 0 Å². The number of benzene rings is 1. The Morgan fingerprint density at radius 2 is 1.81 bits per heavy atom. The van der Waals surface area contributed by atoms with Crippen LogP contribution in [0.3, 0.4) is 0 Å². The summed E-state index contributed by atoms with van der Waals surface area (Å²) in [6.45, 7) is 11.9. The van der Waals surface area contributed by atoms with Crippen molar-refractivity contribution in [2.75, 3.05) is 13.1 Å². The maximum Gasteiger partial charge on any atom is 0.335 e. The Morgan fingerprint density at radius 1 is 1.23 bits per heavy atom. The molecule has 0 amide bonds. The molecule has 1 aliphatic rings. The predicted octanol–water partition coefficient (Wildman–Crippen LogP) is 3.05. The Morgan fingerprint density at radius 3 is 2.27 bits per heavy atom. The summed E-state index contributed by atoms with van der Waals surface area (Å²) < 4.78 is 28.7. The lowest BCUT2D eigenvalue weighted by Gasteiger charge is -2.40. The SMILES string of the molecule is CC(C)c1ccc(C(=O)O)cc1S(=O)(=O)NC1CCN(C(C)(C)C)CC1. The van der Waals surface area contributed by atoms with E-state index in [0.29, 0.717) is 5.56 Å². The molecule has 1 aromatic carbocycles. The van der Waals surface area contributed by atoms with Gasteiger partial charge in [0.05, 0.1) is 10.5 Å². The zero-order valence-electron chi connectivity index (χ0n) is 16.2. The number of carboxylic acid groups (broad SMARTS) is 1. The van der Waals surface area contributed by atoms with E-state index in [1.807, 2.05) is 13.8 Å². The average Bonchev–Trinajstić information content (AvgIpc) is 2.53. The summed E-state index contributed by atoms with van der Waals surface area (Å²) in [5, 5.41) is 9.21. The molecule has 26 heavy (non-hydrogen) atoms. The molecule has 6 nitrogen and oxygen atoms in total. The van der Waals surface area contributed by atoms with Crippen molar-refractivity contribution >= 4 is 16.0 Å². The standard InChI is InChI=1S/C19H30N2O4S/c1-13(2)16-7-6-14(18(22)23)12-17(16)26(24,25)20-15-8-10-21(11-9-15)19(3,4)5/h6-7,12-13,15,20H,8-11H2,1-5H3,(H,22,23). The molecule has 1 saturated heterocycles. The minimum Gasteiger partial charge on any atom is -0.478 e. The van der Waals surface area contributed by atoms with Crippen LogP contribution in [0.2, 0.25) is 0 Å². The molecule has 146 valence electrons. The zero-order chi connectivity index (χ0) is 19.7. The smallest absolute Gasteiger partial charge is 0.335 e. The Kier molecular flexibility index (Phi) is 6.15. The van der Waals surface area contributed by atoms with Crippen LogP contribution in [0.4, 0.5) is 0 Å². The first-order chi connectivity index (χ1) is 11.9. The lowest BCUT2D eigenvalue weighted by molar-refractivity contribution is 0.0696. The van der Waals surface area contributed by atoms with Crippen LogP contribution in [0.5, 0.6) is 0 Å². The third-order valence-electron chi connectivity index (χ3n) is 4.94. The summed E-state index contributed by atoms with van der Waals surface area (Å²) >= 11 is 0. The summed E-state index contributed by atoms with van der Waals surface area (Å²) in [6.07, 6.45) is 1.48. The summed E-state index contributed by atoms with van der Waals surface area (Å²) in [5.74, 6) is -1.15. The van der Waals surface area contributed by atoms with Gasteiger partial charge in [0, 0.05) is 24.7 Å². The van der Waals surface area contributed by atoms with Gasteiger partial charge in [-0.15, -0.1) is 0 Å². The largest absolute Gasteiger partial charge is 0.478 e. The van der Waals surface area contributed by atoms with Gasteiger partial charge in [0.2, 0.25) is 10.0 Å². The number of aromatic carboxylic acids is 1. The molecule has 1 aromatic rings. The highest BCUT2D eigenvalue weighted by atomic mass is 32.2. The van der Waals surface area contributed by atoms with Crippen molar-refractivity contribution in [2.24, 2.45) is 0 Å². The van der Waals surface area contributed by atoms with Crippen molar-refractivity contribution in [3.8, 4) is 0 Å². The van der Waals surface area contributed by atoms with Crippen LogP contribution >= 0.6 is 0 Å². The van der Waals surface area contributed by atoms with Crippen molar-refractivity contribution in [3.05, 3.63) is 29.3 Å². The second kappa shape index (κ2) is 7.66. The Labute approximate surface area is 156 Å². The van der Waals surface area contributed by atoms with E-state index in [4.69, 9.17) is 0 Å². The molecule has 0 aliphatic carbocycles. The molecule has 0 radical (unpaired) electrons. The van der Waals surface area contributed by atoms with Crippen molar-refractivity contribution in [1.29, 1.82) is 0 Å². The van der Waals surface area contributed by atoms with Crippen LogP contribution in [-0.4, -0.2) is 49.1 Å². The van der Waals surface area contributed by atoms with E-state index in [0.717, 1.165) is 25.9 Å². The van der Waals surface area contributed by atoms with Gasteiger partial charge >= 0.3 is 5.97 Å². The second-order valence-corrected chi connectivity index (χ2v) is 9.95. The zero-order valence-corrected chi connectivity index (χ0v) is 17.1. The number of rotatable bonds is 5. The number of nitrogens with zero attached hydrogens (tertiary/aromatic N) is 1. The quantitative estimate of drug-likeness (QED) is 0.817. The number of hydrogen-bond acceptors (Lipinski definition) is 4. The molecule has 1 heterocycles. The van der Waals surface area contributed by atoms with E-state index in [-0.39, 0.29) is 28.0 Å². The van der Waals surface area contributed by atoms with Gasteiger partial charge in [-0.25, -0.2) is 17.9 Å². The molecule has 0 spiro atoms. The van der Waals surface area contributed by atoms with Crippen LogP contribution in [0, 0.1) is 0 Å². The maximum absolute atomic E-state index is 13.0. The summed E-state index contributed by atoms with van der Waals surface area (Å²) in [4.78, 5) is 13.7. The summed E-state index contributed by atoms with van der Waals surface area (Å²) in [7, 11) is -3.78. The van der Waals surface area contributed by atoms with E-state index >= 15 is 0 Å². The molecular formula is C19H30N2O4S. The van der Waals surface area contributed by atoms with Crippen LogP contribution in [0.1, 0.15) is 69.3 Å². The number of carbonyl (C=O) groups is 1. The number of piperidine rings is 1. The highest BCUT2D eigenvalue weighted by molar-refractivity contribution is 7.89. The fourth-order valence-corrected chi connectivity index (χ4v) is 5.03. The fraction of sp³-hybridized carbons (Fsp3) is 0.632. The van der Waals surface area contributed by atoms with Gasteiger partial charge < -0.3 is 5.11 Å². The normalized spacial score (nSPS) is 17.6. The topological polar surface area (TPSA) is 86.7 Å². The molecule has 0 unspecified atom stereocenters. The Balaban J connectivity index is 2.23. The second-order valence-electron chi connectivity index (χ2n) is 8.27. The molecule has 1 fully saturated rings. The minimum absolute atomic E-state index is 0.0164. The molecule has 0 bridgehead atoms. The molecule has 0 saturated carbocycles. The molecule has 2 N–H and O–H groups in total. The third kappa shape index (κ3) is 4.84. The van der Waals surface area contributed by atoms with Crippen LogP contribution < -0.4 is 4.72 Å². The first-order valence-electron chi connectivity index (χ1n) is 9.06. The molecule has 1 aliphatic heterocycles. The van der Waals surface area contributed by atoms with E-state index in [1.165, 1.54) is 12.1 Å². The maximum atomic E-state index is 13.0. The first kappa shape index (κ1) is 20.9. The molecule has 0 atom stereocenters. The fourth-order valence-electron chi connectivity index (χ4n) is 3.33. The Hall–Kier alpha value is -1.44. The third-order valence-corrected chi connectivity index (χ3v) is 6.51. The summed E-state index contributed by atoms with van der Waals surface area (Å²) in [5.41, 5.74) is 0.691. The highest BCUT2D eigenvalue weighted by Crippen LogP contribution is 2.27. The average molecular weight is 383 g/mol. The number of sulfonamides is 1. The van der Waals surface area contributed by atoms with E-state index < -0.39 is 16.0 Å². The monoisotopic (exact) mass is 382 g/mol. The van der Waals surface area contributed by atoms with Crippen molar-refractivity contribution in [3.63, 3.8) is 0 Å². The van der Waals surface area contributed by atoms with Gasteiger partial charge in [-0.05, 0) is 57.2 Å². The number of likely N-dealkylation sites (tertiary alicyclic amines) is 1.